The van der Waals surface area contributed by atoms with E-state index in [0.717, 1.165) is 13.0 Å². The van der Waals surface area contributed by atoms with Gasteiger partial charge < -0.3 is 17.2 Å². The molecule has 0 saturated heterocycles. The van der Waals surface area contributed by atoms with Crippen molar-refractivity contribution in [1.82, 2.24) is 4.90 Å². The Morgan fingerprint density at radius 2 is 1.82 bits per heavy atom. The molecule has 0 aromatic rings. The van der Waals surface area contributed by atoms with Crippen LogP contribution in [0.2, 0.25) is 0 Å². The van der Waals surface area contributed by atoms with Gasteiger partial charge in [-0.25, -0.2) is 0 Å². The van der Waals surface area contributed by atoms with Gasteiger partial charge in [0.2, 0.25) is 0 Å². The topological polar surface area (TPSA) is 81.3 Å². The van der Waals surface area contributed by atoms with Crippen molar-refractivity contribution in [2.24, 2.45) is 17.2 Å². The summed E-state index contributed by atoms with van der Waals surface area (Å²) in [5, 5.41) is 0. The van der Waals surface area contributed by atoms with Gasteiger partial charge in [0.15, 0.2) is 0 Å². The quantitative estimate of drug-likeness (QED) is 0.446. The zero-order valence-electron chi connectivity index (χ0n) is 7.51. The van der Waals surface area contributed by atoms with Crippen molar-refractivity contribution >= 4 is 0 Å². The molecule has 1 atom stereocenters. The Labute approximate surface area is 68.7 Å². The lowest BCUT2D eigenvalue weighted by molar-refractivity contribution is 0.139. The van der Waals surface area contributed by atoms with E-state index in [2.05, 4.69) is 0 Å². The van der Waals surface area contributed by atoms with E-state index < -0.39 is 0 Å². The molecule has 0 rings (SSSR count). The SMILES string of the molecule is CN(CCN)C(C)(N)CCN. The zero-order chi connectivity index (χ0) is 8.91. The average molecular weight is 160 g/mol. The van der Waals surface area contributed by atoms with Crippen LogP contribution >= 0.6 is 0 Å². The molecule has 0 spiro atoms. The Bertz CT molecular complexity index is 103. The summed E-state index contributed by atoms with van der Waals surface area (Å²) in [5.74, 6) is 0. The Morgan fingerprint density at radius 3 is 2.18 bits per heavy atom. The highest BCUT2D eigenvalue weighted by Gasteiger charge is 2.21. The lowest BCUT2D eigenvalue weighted by Crippen LogP contribution is -2.54. The first-order chi connectivity index (χ1) is 5.04. The van der Waals surface area contributed by atoms with Crippen molar-refractivity contribution in [3.8, 4) is 0 Å². The van der Waals surface area contributed by atoms with Crippen LogP contribution in [0.4, 0.5) is 0 Å². The van der Waals surface area contributed by atoms with Gasteiger partial charge in [-0.2, -0.15) is 0 Å². The van der Waals surface area contributed by atoms with Gasteiger partial charge >= 0.3 is 0 Å². The van der Waals surface area contributed by atoms with Gasteiger partial charge in [-0.1, -0.05) is 0 Å². The first-order valence-electron chi connectivity index (χ1n) is 3.95. The number of nitrogens with zero attached hydrogens (tertiary/aromatic N) is 1. The molecule has 4 heteroatoms. The largest absolute Gasteiger partial charge is 0.330 e. The minimum absolute atomic E-state index is 0.311. The lowest BCUT2D eigenvalue weighted by atomic mass is 10.1. The summed E-state index contributed by atoms with van der Waals surface area (Å²) < 4.78 is 0. The molecule has 0 aromatic carbocycles. The van der Waals surface area contributed by atoms with Gasteiger partial charge in [0.1, 0.15) is 0 Å². The molecule has 68 valence electrons. The Hall–Kier alpha value is -0.160. The van der Waals surface area contributed by atoms with E-state index in [4.69, 9.17) is 17.2 Å². The molecule has 0 aromatic heterocycles. The van der Waals surface area contributed by atoms with E-state index in [-0.39, 0.29) is 5.66 Å². The molecule has 0 bridgehead atoms. The predicted octanol–water partition coefficient (Wildman–Crippen LogP) is -1.10. The van der Waals surface area contributed by atoms with Gasteiger partial charge in [-0.05, 0) is 26.9 Å². The fourth-order valence-corrected chi connectivity index (χ4v) is 0.932. The van der Waals surface area contributed by atoms with Crippen molar-refractivity contribution in [1.29, 1.82) is 0 Å². The second-order valence-corrected chi connectivity index (χ2v) is 3.11. The molecule has 0 aliphatic rings. The summed E-state index contributed by atoms with van der Waals surface area (Å²) in [4.78, 5) is 2.03. The summed E-state index contributed by atoms with van der Waals surface area (Å²) in [6.07, 6.45) is 0.795. The van der Waals surface area contributed by atoms with Gasteiger partial charge in [-0.3, -0.25) is 4.90 Å². The maximum atomic E-state index is 5.95. The Kier molecular flexibility index (Phi) is 4.60. The Morgan fingerprint density at radius 1 is 1.27 bits per heavy atom. The summed E-state index contributed by atoms with van der Waals surface area (Å²) in [6, 6.07) is 0. The van der Waals surface area contributed by atoms with Crippen molar-refractivity contribution in [2.45, 2.75) is 19.0 Å². The van der Waals surface area contributed by atoms with Crippen LogP contribution in [0.1, 0.15) is 13.3 Å². The van der Waals surface area contributed by atoms with Crippen LogP contribution in [0.25, 0.3) is 0 Å². The maximum Gasteiger partial charge on any atom is 0.0668 e. The van der Waals surface area contributed by atoms with Crippen LogP contribution in [0.3, 0.4) is 0 Å². The van der Waals surface area contributed by atoms with Crippen molar-refractivity contribution in [2.75, 3.05) is 26.7 Å². The first kappa shape index (κ1) is 10.8. The van der Waals surface area contributed by atoms with Crippen molar-refractivity contribution in [3.63, 3.8) is 0 Å². The first-order valence-corrected chi connectivity index (χ1v) is 3.95. The highest BCUT2D eigenvalue weighted by molar-refractivity contribution is 4.77. The molecule has 4 nitrogen and oxygen atoms in total. The second-order valence-electron chi connectivity index (χ2n) is 3.11. The van der Waals surface area contributed by atoms with Crippen LogP contribution in [0.15, 0.2) is 0 Å². The van der Waals surface area contributed by atoms with Gasteiger partial charge in [0.05, 0.1) is 5.66 Å². The number of likely N-dealkylation sites (N-methyl/N-ethyl adjacent to an activating group) is 1. The van der Waals surface area contributed by atoms with Gasteiger partial charge in [-0.15, -0.1) is 0 Å². The standard InChI is InChI=1S/C7H20N4/c1-7(10,3-4-8)11(2)6-5-9/h3-6,8-10H2,1-2H3. The molecular weight excluding hydrogens is 140 g/mol. The molecule has 0 radical (unpaired) electrons. The molecule has 0 heterocycles. The number of rotatable bonds is 5. The minimum atomic E-state index is -0.311. The van der Waals surface area contributed by atoms with Gasteiger partial charge in [0.25, 0.3) is 0 Å². The predicted molar refractivity (Wildman–Crippen MR) is 47.9 cm³/mol. The highest BCUT2D eigenvalue weighted by atomic mass is 15.2. The summed E-state index contributed by atoms with van der Waals surface area (Å²) in [5.41, 5.74) is 16.4. The smallest absolute Gasteiger partial charge is 0.0668 e. The highest BCUT2D eigenvalue weighted by Crippen LogP contribution is 2.07. The monoisotopic (exact) mass is 160 g/mol. The van der Waals surface area contributed by atoms with Crippen LogP contribution in [0, 0.1) is 0 Å². The van der Waals surface area contributed by atoms with E-state index in [1.165, 1.54) is 0 Å². The number of hydrogen-bond donors (Lipinski definition) is 3. The van der Waals surface area contributed by atoms with E-state index in [1.807, 2.05) is 18.9 Å². The number of hydrogen-bond acceptors (Lipinski definition) is 4. The number of nitrogens with two attached hydrogens (primary N) is 3. The van der Waals surface area contributed by atoms with Crippen LogP contribution in [-0.2, 0) is 0 Å². The lowest BCUT2D eigenvalue weighted by Gasteiger charge is -2.34. The molecule has 0 fully saturated rings. The van der Waals surface area contributed by atoms with E-state index in [9.17, 15) is 0 Å². The summed E-state index contributed by atoms with van der Waals surface area (Å²) >= 11 is 0. The fraction of sp³-hybridized carbons (Fsp3) is 1.00. The average Bonchev–Trinajstić information content (AvgIpc) is 1.88. The molecular formula is C7H20N4. The molecule has 0 aliphatic carbocycles. The third-order valence-corrected chi connectivity index (χ3v) is 1.99. The van der Waals surface area contributed by atoms with E-state index in [0.29, 0.717) is 13.1 Å². The van der Waals surface area contributed by atoms with E-state index in [1.54, 1.807) is 0 Å². The zero-order valence-corrected chi connectivity index (χ0v) is 7.51. The van der Waals surface area contributed by atoms with Gasteiger partial charge in [0, 0.05) is 13.1 Å². The van der Waals surface area contributed by atoms with Crippen LogP contribution < -0.4 is 17.2 Å². The molecule has 11 heavy (non-hydrogen) atoms. The third kappa shape index (κ3) is 3.67. The molecule has 1 unspecified atom stereocenters. The molecule has 6 N–H and O–H groups in total. The summed E-state index contributed by atoms with van der Waals surface area (Å²) in [6.45, 7) is 4.03. The maximum absolute atomic E-state index is 5.95. The molecule has 0 saturated carbocycles. The second kappa shape index (κ2) is 4.66. The minimum Gasteiger partial charge on any atom is -0.330 e. The van der Waals surface area contributed by atoms with Crippen LogP contribution in [0.5, 0.6) is 0 Å². The molecule has 0 aliphatic heterocycles. The normalized spacial score (nSPS) is 16.9. The fourth-order valence-electron chi connectivity index (χ4n) is 0.932. The van der Waals surface area contributed by atoms with Crippen LogP contribution in [-0.4, -0.2) is 37.2 Å². The Balaban J connectivity index is 3.83. The molecule has 0 amide bonds. The van der Waals surface area contributed by atoms with E-state index >= 15 is 0 Å². The summed E-state index contributed by atoms with van der Waals surface area (Å²) in [7, 11) is 1.96. The van der Waals surface area contributed by atoms with Crippen molar-refractivity contribution < 1.29 is 0 Å². The third-order valence-electron chi connectivity index (χ3n) is 1.99. The van der Waals surface area contributed by atoms with Crippen molar-refractivity contribution in [3.05, 3.63) is 0 Å².